The molecule has 5 heteroatoms. The van der Waals surface area contributed by atoms with Crippen molar-refractivity contribution in [3.05, 3.63) is 53.1 Å². The van der Waals surface area contributed by atoms with Gasteiger partial charge in [0.2, 0.25) is 0 Å². The van der Waals surface area contributed by atoms with E-state index >= 15 is 0 Å². The summed E-state index contributed by atoms with van der Waals surface area (Å²) in [7, 11) is 0. The normalized spacial score (nSPS) is 13.8. The maximum absolute atomic E-state index is 11.4. The number of carbonyl (C=O) groups excluding carboxylic acids is 1. The second-order valence-electron chi connectivity index (χ2n) is 5.14. The molecule has 1 heterocycles. The third-order valence-electron chi connectivity index (χ3n) is 3.81. The molecule has 3 N–H and O–H groups in total. The van der Waals surface area contributed by atoms with Gasteiger partial charge in [-0.15, -0.1) is 0 Å². The Hall–Kier alpha value is -2.14. The van der Waals surface area contributed by atoms with Crippen LogP contribution in [0.15, 0.2) is 30.6 Å². The minimum absolute atomic E-state index is 0.267. The molecule has 0 bridgehead atoms. The lowest BCUT2D eigenvalue weighted by molar-refractivity contribution is 0.0953. The van der Waals surface area contributed by atoms with Crippen LogP contribution in [0.1, 0.15) is 40.2 Å². The van der Waals surface area contributed by atoms with E-state index in [1.165, 1.54) is 24.2 Å². The molecule has 0 aliphatic heterocycles. The Kier molecular flexibility index (Phi) is 3.52. The first-order chi connectivity index (χ1) is 9.78. The Morgan fingerprint density at radius 2 is 2.00 bits per heavy atom. The van der Waals surface area contributed by atoms with Gasteiger partial charge < -0.3 is 4.57 Å². The third kappa shape index (κ3) is 2.44. The zero-order valence-electron chi connectivity index (χ0n) is 11.3. The number of benzene rings is 1. The molecular formula is C15H18N4O. The lowest BCUT2D eigenvalue weighted by Crippen LogP contribution is -2.29. The number of hydrogen-bond acceptors (Lipinski definition) is 3. The van der Waals surface area contributed by atoms with Crippen molar-refractivity contribution in [2.24, 2.45) is 5.84 Å². The van der Waals surface area contributed by atoms with E-state index in [1.807, 2.05) is 18.5 Å². The van der Waals surface area contributed by atoms with Gasteiger partial charge in [-0.25, -0.2) is 10.8 Å². The fraction of sp³-hybridized carbons (Fsp3) is 0.333. The second-order valence-corrected chi connectivity index (χ2v) is 5.14. The number of aromatic nitrogens is 2. The van der Waals surface area contributed by atoms with E-state index in [1.54, 1.807) is 12.1 Å². The largest absolute Gasteiger partial charge is 0.330 e. The number of nitrogens with zero attached hydrogens (tertiary/aromatic N) is 2. The van der Waals surface area contributed by atoms with Crippen LogP contribution in [0.3, 0.4) is 0 Å². The average Bonchev–Trinajstić information content (AvgIpc) is 2.91. The molecule has 0 fully saturated rings. The molecule has 1 aliphatic rings. The summed E-state index contributed by atoms with van der Waals surface area (Å²) in [5.74, 6) is 4.85. The van der Waals surface area contributed by atoms with E-state index in [2.05, 4.69) is 15.0 Å². The summed E-state index contributed by atoms with van der Waals surface area (Å²) in [5.41, 5.74) is 6.47. The zero-order valence-corrected chi connectivity index (χ0v) is 11.3. The highest BCUT2D eigenvalue weighted by atomic mass is 16.2. The minimum Gasteiger partial charge on any atom is -0.330 e. The second kappa shape index (κ2) is 5.46. The molecule has 1 aliphatic carbocycles. The number of aryl methyl sites for hydroxylation is 1. The van der Waals surface area contributed by atoms with Crippen LogP contribution < -0.4 is 11.3 Å². The van der Waals surface area contributed by atoms with Crippen molar-refractivity contribution in [2.45, 2.75) is 32.2 Å². The number of nitrogens with one attached hydrogen (secondary N) is 1. The van der Waals surface area contributed by atoms with Gasteiger partial charge in [0, 0.05) is 17.8 Å². The van der Waals surface area contributed by atoms with Crippen molar-refractivity contribution in [1.29, 1.82) is 0 Å². The molecular weight excluding hydrogens is 252 g/mol. The van der Waals surface area contributed by atoms with E-state index in [4.69, 9.17) is 5.84 Å². The smallest absolute Gasteiger partial charge is 0.265 e. The van der Waals surface area contributed by atoms with Crippen molar-refractivity contribution in [2.75, 3.05) is 0 Å². The van der Waals surface area contributed by atoms with Gasteiger partial charge in [0.05, 0.1) is 12.0 Å². The Morgan fingerprint density at radius 1 is 1.25 bits per heavy atom. The van der Waals surface area contributed by atoms with Crippen LogP contribution in [-0.2, 0) is 19.4 Å². The van der Waals surface area contributed by atoms with E-state index in [0.29, 0.717) is 5.56 Å². The van der Waals surface area contributed by atoms with Crippen LogP contribution in [0, 0.1) is 0 Å². The van der Waals surface area contributed by atoms with E-state index < -0.39 is 0 Å². The Labute approximate surface area is 117 Å². The average molecular weight is 270 g/mol. The Bertz CT molecular complexity index is 615. The van der Waals surface area contributed by atoms with Gasteiger partial charge in [-0.3, -0.25) is 10.2 Å². The molecule has 1 aromatic carbocycles. The van der Waals surface area contributed by atoms with Crippen molar-refractivity contribution in [1.82, 2.24) is 15.0 Å². The van der Waals surface area contributed by atoms with Gasteiger partial charge in [-0.05, 0) is 43.4 Å². The molecule has 104 valence electrons. The summed E-state index contributed by atoms with van der Waals surface area (Å²) in [6, 6.07) is 7.50. The van der Waals surface area contributed by atoms with Gasteiger partial charge in [0.15, 0.2) is 0 Å². The van der Waals surface area contributed by atoms with Gasteiger partial charge in [-0.2, -0.15) is 0 Å². The first-order valence-corrected chi connectivity index (χ1v) is 6.90. The summed E-state index contributed by atoms with van der Waals surface area (Å²) in [4.78, 5) is 15.9. The number of nitrogens with two attached hydrogens (primary N) is 1. The predicted octanol–water partition coefficient (Wildman–Crippen LogP) is 1.41. The fourth-order valence-corrected chi connectivity index (χ4v) is 2.71. The fourth-order valence-electron chi connectivity index (χ4n) is 2.71. The number of rotatable bonds is 3. The SMILES string of the molecule is NNC(=O)c1ccc(Cn2cnc3c2CCCC3)cc1. The van der Waals surface area contributed by atoms with Gasteiger partial charge in [0.1, 0.15) is 0 Å². The highest BCUT2D eigenvalue weighted by molar-refractivity contribution is 5.93. The van der Waals surface area contributed by atoms with Crippen molar-refractivity contribution >= 4 is 5.91 Å². The summed E-state index contributed by atoms with van der Waals surface area (Å²) < 4.78 is 2.21. The number of amides is 1. The lowest BCUT2D eigenvalue weighted by Gasteiger charge is -2.14. The van der Waals surface area contributed by atoms with Crippen LogP contribution in [0.5, 0.6) is 0 Å². The summed E-state index contributed by atoms with van der Waals surface area (Å²) in [5, 5.41) is 0. The molecule has 0 unspecified atom stereocenters. The van der Waals surface area contributed by atoms with Crippen LogP contribution in [0.4, 0.5) is 0 Å². The van der Waals surface area contributed by atoms with Gasteiger partial charge in [0.25, 0.3) is 5.91 Å². The van der Waals surface area contributed by atoms with Crippen molar-refractivity contribution in [3.63, 3.8) is 0 Å². The molecule has 20 heavy (non-hydrogen) atoms. The molecule has 1 amide bonds. The maximum Gasteiger partial charge on any atom is 0.265 e. The lowest BCUT2D eigenvalue weighted by atomic mass is 10.0. The third-order valence-corrected chi connectivity index (χ3v) is 3.81. The summed E-state index contributed by atoms with van der Waals surface area (Å²) >= 11 is 0. The van der Waals surface area contributed by atoms with Gasteiger partial charge >= 0.3 is 0 Å². The Morgan fingerprint density at radius 3 is 2.75 bits per heavy atom. The first kappa shape index (κ1) is 12.9. The molecule has 0 radical (unpaired) electrons. The van der Waals surface area contributed by atoms with Crippen LogP contribution >= 0.6 is 0 Å². The zero-order chi connectivity index (χ0) is 13.9. The molecule has 5 nitrogen and oxygen atoms in total. The standard InChI is InChI=1S/C15H18N4O/c16-18-15(20)12-7-5-11(6-8-12)9-19-10-17-13-3-1-2-4-14(13)19/h5-8,10H,1-4,9,16H2,(H,18,20). The molecule has 1 aromatic heterocycles. The molecule has 0 spiro atoms. The Balaban J connectivity index is 1.78. The monoisotopic (exact) mass is 270 g/mol. The van der Waals surface area contributed by atoms with Crippen molar-refractivity contribution in [3.8, 4) is 0 Å². The number of imidazole rings is 1. The number of carbonyl (C=O) groups is 1. The molecule has 0 saturated heterocycles. The topological polar surface area (TPSA) is 72.9 Å². The van der Waals surface area contributed by atoms with Crippen molar-refractivity contribution < 1.29 is 4.79 Å². The number of hydrazine groups is 1. The predicted molar refractivity (Wildman–Crippen MR) is 76.1 cm³/mol. The molecule has 0 atom stereocenters. The van der Waals surface area contributed by atoms with E-state index in [0.717, 1.165) is 24.9 Å². The maximum atomic E-state index is 11.4. The summed E-state index contributed by atoms with van der Waals surface area (Å²) in [6.07, 6.45) is 6.62. The molecule has 0 saturated carbocycles. The molecule has 3 rings (SSSR count). The first-order valence-electron chi connectivity index (χ1n) is 6.90. The number of hydrogen-bond donors (Lipinski definition) is 2. The minimum atomic E-state index is -0.267. The van der Waals surface area contributed by atoms with Crippen LogP contribution in [0.25, 0.3) is 0 Å². The highest BCUT2D eigenvalue weighted by Gasteiger charge is 2.15. The summed E-state index contributed by atoms with van der Waals surface area (Å²) in [6.45, 7) is 0.798. The quantitative estimate of drug-likeness (QED) is 0.503. The highest BCUT2D eigenvalue weighted by Crippen LogP contribution is 2.20. The van der Waals surface area contributed by atoms with Gasteiger partial charge in [-0.1, -0.05) is 12.1 Å². The van der Waals surface area contributed by atoms with E-state index in [9.17, 15) is 4.79 Å². The number of fused-ring (bicyclic) bond motifs is 1. The molecule has 2 aromatic rings. The van der Waals surface area contributed by atoms with Crippen LogP contribution in [0.2, 0.25) is 0 Å². The van der Waals surface area contributed by atoms with E-state index in [-0.39, 0.29) is 5.91 Å². The van der Waals surface area contributed by atoms with Crippen LogP contribution in [-0.4, -0.2) is 15.5 Å². The number of nitrogen functional groups attached to an aromatic ring is 1.